The predicted octanol–water partition coefficient (Wildman–Crippen LogP) is 1.20. The molecule has 5 nitrogen and oxygen atoms in total. The number of benzene rings is 1. The van der Waals surface area contributed by atoms with Crippen molar-refractivity contribution in [2.24, 2.45) is 0 Å². The zero-order valence-corrected chi connectivity index (χ0v) is 12.4. The molecule has 20 heavy (non-hydrogen) atoms. The summed E-state index contributed by atoms with van der Waals surface area (Å²) in [5.74, 6) is 0. The molecule has 0 saturated carbocycles. The van der Waals surface area contributed by atoms with Crippen LogP contribution in [0, 0.1) is 0 Å². The summed E-state index contributed by atoms with van der Waals surface area (Å²) >= 11 is 5.20. The molecule has 0 amide bonds. The molecule has 1 aliphatic heterocycles. The molecule has 6 heteroatoms. The topological polar surface area (TPSA) is 48.6 Å². The number of hydrazine groups is 1. The van der Waals surface area contributed by atoms with Gasteiger partial charge in [0.15, 0.2) is 5.11 Å². The van der Waals surface area contributed by atoms with E-state index in [1.165, 1.54) is 0 Å². The van der Waals surface area contributed by atoms with Gasteiger partial charge in [-0.1, -0.05) is 18.2 Å². The molecule has 0 unspecified atom stereocenters. The highest BCUT2D eigenvalue weighted by atomic mass is 32.1. The van der Waals surface area contributed by atoms with Crippen LogP contribution in [0.3, 0.4) is 0 Å². The number of anilines is 1. The van der Waals surface area contributed by atoms with Gasteiger partial charge in [-0.25, -0.2) is 0 Å². The molecule has 1 saturated heterocycles. The lowest BCUT2D eigenvalue weighted by atomic mass is 10.3. The minimum absolute atomic E-state index is 0.621. The van der Waals surface area contributed by atoms with Crippen molar-refractivity contribution >= 4 is 23.0 Å². The van der Waals surface area contributed by atoms with Gasteiger partial charge in [0.05, 0.1) is 18.9 Å². The maximum atomic E-state index is 5.32. The lowest BCUT2D eigenvalue weighted by molar-refractivity contribution is 0.0376. The van der Waals surface area contributed by atoms with Crippen LogP contribution in [-0.4, -0.2) is 49.4 Å². The molecule has 1 heterocycles. The summed E-state index contributed by atoms with van der Waals surface area (Å²) in [4.78, 5) is 2.42. The highest BCUT2D eigenvalue weighted by Crippen LogP contribution is 2.02. The highest BCUT2D eigenvalue weighted by Gasteiger charge is 2.08. The first-order valence-electron chi connectivity index (χ1n) is 6.99. The van der Waals surface area contributed by atoms with Gasteiger partial charge in [-0.2, -0.15) is 0 Å². The zero-order valence-electron chi connectivity index (χ0n) is 11.6. The molecule has 0 bridgehead atoms. The first-order valence-corrected chi connectivity index (χ1v) is 7.40. The molecular formula is C14H22N4OS. The summed E-state index contributed by atoms with van der Waals surface area (Å²) < 4.78 is 5.32. The van der Waals surface area contributed by atoms with Crippen LogP contribution >= 0.6 is 12.2 Å². The largest absolute Gasteiger partial charge is 0.379 e. The molecule has 1 aromatic carbocycles. The number of ether oxygens (including phenoxy) is 1. The van der Waals surface area contributed by atoms with E-state index in [9.17, 15) is 0 Å². The van der Waals surface area contributed by atoms with E-state index in [0.717, 1.165) is 51.5 Å². The SMILES string of the molecule is S=C(NCCCN1CCOCC1)NNc1ccccc1. The van der Waals surface area contributed by atoms with Crippen LogP contribution in [0.15, 0.2) is 30.3 Å². The van der Waals surface area contributed by atoms with E-state index >= 15 is 0 Å². The van der Waals surface area contributed by atoms with Crippen LogP contribution in [-0.2, 0) is 4.74 Å². The predicted molar refractivity (Wildman–Crippen MR) is 85.7 cm³/mol. The number of para-hydroxylation sites is 1. The van der Waals surface area contributed by atoms with Crippen molar-refractivity contribution in [1.82, 2.24) is 15.6 Å². The third-order valence-electron chi connectivity index (χ3n) is 3.13. The average Bonchev–Trinajstić information content (AvgIpc) is 2.52. The van der Waals surface area contributed by atoms with Crippen molar-refractivity contribution in [3.05, 3.63) is 30.3 Å². The molecule has 0 spiro atoms. The lowest BCUT2D eigenvalue weighted by Crippen LogP contribution is -2.41. The summed E-state index contributed by atoms with van der Waals surface area (Å²) in [6, 6.07) is 9.89. The molecule has 1 aliphatic rings. The van der Waals surface area contributed by atoms with Crippen molar-refractivity contribution in [2.75, 3.05) is 44.8 Å². The molecular weight excluding hydrogens is 272 g/mol. The van der Waals surface area contributed by atoms with Crippen LogP contribution in [0.2, 0.25) is 0 Å². The number of hydrogen-bond donors (Lipinski definition) is 3. The number of thiocarbonyl (C=S) groups is 1. The van der Waals surface area contributed by atoms with Gasteiger partial charge >= 0.3 is 0 Å². The van der Waals surface area contributed by atoms with Crippen molar-refractivity contribution in [3.8, 4) is 0 Å². The Kier molecular flexibility index (Phi) is 6.56. The van der Waals surface area contributed by atoms with E-state index in [1.807, 2.05) is 30.3 Å². The standard InChI is InChI=1S/C14H22N4OS/c20-14(17-16-13-5-2-1-3-6-13)15-7-4-8-18-9-11-19-12-10-18/h1-3,5-6,16H,4,7-12H2,(H2,15,17,20). The summed E-state index contributed by atoms with van der Waals surface area (Å²) in [6.07, 6.45) is 1.08. The van der Waals surface area contributed by atoms with Crippen LogP contribution in [0.5, 0.6) is 0 Å². The molecule has 1 aromatic rings. The Morgan fingerprint density at radius 3 is 2.70 bits per heavy atom. The Bertz CT molecular complexity index is 395. The monoisotopic (exact) mass is 294 g/mol. The first kappa shape index (κ1) is 15.0. The van der Waals surface area contributed by atoms with Crippen molar-refractivity contribution in [1.29, 1.82) is 0 Å². The normalized spacial score (nSPS) is 15.6. The second-order valence-electron chi connectivity index (χ2n) is 4.68. The minimum atomic E-state index is 0.621. The Morgan fingerprint density at radius 1 is 1.20 bits per heavy atom. The second-order valence-corrected chi connectivity index (χ2v) is 5.09. The fraction of sp³-hybridized carbons (Fsp3) is 0.500. The summed E-state index contributed by atoms with van der Waals surface area (Å²) in [5, 5.41) is 3.81. The molecule has 0 radical (unpaired) electrons. The molecule has 1 fully saturated rings. The summed E-state index contributed by atoms with van der Waals surface area (Å²) in [6.45, 7) is 5.75. The fourth-order valence-electron chi connectivity index (χ4n) is 2.02. The third-order valence-corrected chi connectivity index (χ3v) is 3.38. The van der Waals surface area contributed by atoms with E-state index in [2.05, 4.69) is 21.1 Å². The van der Waals surface area contributed by atoms with Crippen molar-refractivity contribution in [2.45, 2.75) is 6.42 Å². The van der Waals surface area contributed by atoms with Crippen LogP contribution in [0.4, 0.5) is 5.69 Å². The summed E-state index contributed by atoms with van der Waals surface area (Å²) in [5.41, 5.74) is 7.02. The van der Waals surface area contributed by atoms with Crippen LogP contribution in [0.1, 0.15) is 6.42 Å². The lowest BCUT2D eigenvalue weighted by Gasteiger charge is -2.26. The van der Waals surface area contributed by atoms with Gasteiger partial charge in [0.25, 0.3) is 0 Å². The van der Waals surface area contributed by atoms with Crippen molar-refractivity contribution in [3.63, 3.8) is 0 Å². The molecule has 110 valence electrons. The maximum absolute atomic E-state index is 5.32. The van der Waals surface area contributed by atoms with Gasteiger partial charge in [0.2, 0.25) is 0 Å². The van der Waals surface area contributed by atoms with Crippen LogP contribution in [0.25, 0.3) is 0 Å². The fourth-order valence-corrected chi connectivity index (χ4v) is 2.18. The van der Waals surface area contributed by atoms with Crippen molar-refractivity contribution < 1.29 is 4.74 Å². The Labute approximate surface area is 125 Å². The number of nitrogens with one attached hydrogen (secondary N) is 3. The smallest absolute Gasteiger partial charge is 0.185 e. The maximum Gasteiger partial charge on any atom is 0.185 e. The average molecular weight is 294 g/mol. The van der Waals surface area contributed by atoms with Gasteiger partial charge in [-0.05, 0) is 37.3 Å². The van der Waals surface area contributed by atoms with Gasteiger partial charge in [-0.3, -0.25) is 15.8 Å². The quantitative estimate of drug-likeness (QED) is 0.416. The minimum Gasteiger partial charge on any atom is -0.379 e. The molecule has 0 aliphatic carbocycles. The van der Waals surface area contributed by atoms with Gasteiger partial charge in [0.1, 0.15) is 0 Å². The zero-order chi connectivity index (χ0) is 14.0. The first-order chi connectivity index (χ1) is 9.84. The van der Waals surface area contributed by atoms with E-state index in [0.29, 0.717) is 5.11 Å². The highest BCUT2D eigenvalue weighted by molar-refractivity contribution is 7.80. The molecule has 0 atom stereocenters. The van der Waals surface area contributed by atoms with Gasteiger partial charge in [-0.15, -0.1) is 0 Å². The van der Waals surface area contributed by atoms with E-state index < -0.39 is 0 Å². The Morgan fingerprint density at radius 2 is 1.95 bits per heavy atom. The summed E-state index contributed by atoms with van der Waals surface area (Å²) in [7, 11) is 0. The van der Waals surface area contributed by atoms with E-state index in [1.54, 1.807) is 0 Å². The van der Waals surface area contributed by atoms with Gasteiger partial charge < -0.3 is 10.1 Å². The Balaban J connectivity index is 1.51. The number of nitrogens with zero attached hydrogens (tertiary/aromatic N) is 1. The number of morpholine rings is 1. The molecule has 0 aromatic heterocycles. The van der Waals surface area contributed by atoms with Gasteiger partial charge in [0, 0.05) is 19.6 Å². The molecule has 2 rings (SSSR count). The molecule has 3 N–H and O–H groups in total. The van der Waals surface area contributed by atoms with E-state index in [-0.39, 0.29) is 0 Å². The van der Waals surface area contributed by atoms with Crippen LogP contribution < -0.4 is 16.2 Å². The third kappa shape index (κ3) is 5.73. The Hall–Kier alpha value is -1.37. The number of rotatable bonds is 6. The second kappa shape index (κ2) is 8.73. The van der Waals surface area contributed by atoms with E-state index in [4.69, 9.17) is 17.0 Å². The number of hydrogen-bond acceptors (Lipinski definition) is 4.